The van der Waals surface area contributed by atoms with Crippen LogP contribution in [0.15, 0.2) is 0 Å². The van der Waals surface area contributed by atoms with E-state index in [1.807, 2.05) is 0 Å². The lowest BCUT2D eigenvalue weighted by atomic mass is 9.96. The van der Waals surface area contributed by atoms with Crippen LogP contribution >= 0.6 is 0 Å². The van der Waals surface area contributed by atoms with Crippen LogP contribution in [0.4, 0.5) is 0 Å². The van der Waals surface area contributed by atoms with Gasteiger partial charge >= 0.3 is 0 Å². The van der Waals surface area contributed by atoms with Crippen molar-refractivity contribution >= 4 is 0 Å². The van der Waals surface area contributed by atoms with Crippen LogP contribution in [0.25, 0.3) is 0 Å². The topological polar surface area (TPSA) is 32.5 Å². The molecule has 0 saturated carbocycles. The van der Waals surface area contributed by atoms with Gasteiger partial charge in [-0.15, -0.1) is 0 Å². The Morgan fingerprint density at radius 1 is 1.12 bits per heavy atom. The van der Waals surface area contributed by atoms with Crippen molar-refractivity contribution in [1.29, 1.82) is 0 Å². The second-order valence-electron chi connectivity index (χ2n) is 5.71. The van der Waals surface area contributed by atoms with Crippen molar-refractivity contribution in [2.24, 2.45) is 11.7 Å². The molecule has 0 amide bonds. The van der Waals surface area contributed by atoms with Gasteiger partial charge in [-0.1, -0.05) is 12.8 Å². The zero-order valence-electron chi connectivity index (χ0n) is 11.8. The molecule has 1 aliphatic rings. The lowest BCUT2D eigenvalue weighted by Gasteiger charge is -2.31. The fourth-order valence-corrected chi connectivity index (χ4v) is 2.66. The van der Waals surface area contributed by atoms with Crippen LogP contribution in [0.3, 0.4) is 0 Å². The second-order valence-corrected chi connectivity index (χ2v) is 5.71. The molecule has 0 atom stereocenters. The summed E-state index contributed by atoms with van der Waals surface area (Å²) >= 11 is 0. The highest BCUT2D eigenvalue weighted by Gasteiger charge is 2.17. The fraction of sp³-hybridized carbons (Fsp3) is 1.00. The molecule has 1 rings (SSSR count). The number of hydrogen-bond acceptors (Lipinski definition) is 3. The second kappa shape index (κ2) is 8.90. The van der Waals surface area contributed by atoms with Gasteiger partial charge in [-0.2, -0.15) is 0 Å². The van der Waals surface area contributed by atoms with E-state index in [1.54, 1.807) is 0 Å². The molecule has 0 aromatic rings. The van der Waals surface area contributed by atoms with E-state index in [0.717, 1.165) is 12.5 Å². The largest absolute Gasteiger partial charge is 0.330 e. The van der Waals surface area contributed by atoms with E-state index in [0.29, 0.717) is 0 Å². The molecule has 0 aromatic heterocycles. The zero-order valence-corrected chi connectivity index (χ0v) is 11.8. The average molecular weight is 241 g/mol. The minimum Gasteiger partial charge on any atom is -0.330 e. The van der Waals surface area contributed by atoms with Gasteiger partial charge in [0.1, 0.15) is 0 Å². The van der Waals surface area contributed by atoms with Gasteiger partial charge in [-0.05, 0) is 71.9 Å². The fourth-order valence-electron chi connectivity index (χ4n) is 2.66. The Bertz CT molecular complexity index is 176. The SMILES string of the molecule is CN1CCC(CN(C)CCCCCCN)CC1. The summed E-state index contributed by atoms with van der Waals surface area (Å²) in [6.45, 7) is 5.98. The van der Waals surface area contributed by atoms with E-state index in [2.05, 4.69) is 23.9 Å². The third-order valence-corrected chi connectivity index (χ3v) is 3.90. The maximum absolute atomic E-state index is 5.49. The van der Waals surface area contributed by atoms with Crippen LogP contribution in [0.1, 0.15) is 38.5 Å². The number of hydrogen-bond donors (Lipinski definition) is 1. The van der Waals surface area contributed by atoms with Crippen LogP contribution in [-0.4, -0.2) is 56.6 Å². The summed E-state index contributed by atoms with van der Waals surface area (Å²) < 4.78 is 0. The average Bonchev–Trinajstić information content (AvgIpc) is 2.32. The summed E-state index contributed by atoms with van der Waals surface area (Å²) in [5, 5.41) is 0. The summed E-state index contributed by atoms with van der Waals surface area (Å²) in [7, 11) is 4.51. The van der Waals surface area contributed by atoms with Crippen molar-refractivity contribution in [2.45, 2.75) is 38.5 Å². The molecule has 102 valence electrons. The predicted molar refractivity (Wildman–Crippen MR) is 75.2 cm³/mol. The molecule has 1 saturated heterocycles. The van der Waals surface area contributed by atoms with Gasteiger partial charge < -0.3 is 15.5 Å². The molecule has 3 heteroatoms. The summed E-state index contributed by atoms with van der Waals surface area (Å²) in [6, 6.07) is 0. The van der Waals surface area contributed by atoms with Crippen LogP contribution in [0, 0.1) is 5.92 Å². The molecular weight excluding hydrogens is 210 g/mol. The van der Waals surface area contributed by atoms with E-state index in [4.69, 9.17) is 5.73 Å². The van der Waals surface area contributed by atoms with E-state index in [9.17, 15) is 0 Å². The summed E-state index contributed by atoms with van der Waals surface area (Å²) in [5.41, 5.74) is 5.49. The van der Waals surface area contributed by atoms with Crippen molar-refractivity contribution in [3.05, 3.63) is 0 Å². The molecule has 0 aliphatic carbocycles. The van der Waals surface area contributed by atoms with Crippen LogP contribution in [0.2, 0.25) is 0 Å². The molecule has 0 bridgehead atoms. The molecule has 0 aromatic carbocycles. The van der Waals surface area contributed by atoms with Gasteiger partial charge in [0, 0.05) is 6.54 Å². The first-order chi connectivity index (χ1) is 8.22. The number of nitrogens with zero attached hydrogens (tertiary/aromatic N) is 2. The van der Waals surface area contributed by atoms with Crippen LogP contribution in [0.5, 0.6) is 0 Å². The van der Waals surface area contributed by atoms with Gasteiger partial charge in [0.05, 0.1) is 0 Å². The lowest BCUT2D eigenvalue weighted by Crippen LogP contribution is -2.36. The van der Waals surface area contributed by atoms with Gasteiger partial charge in [0.25, 0.3) is 0 Å². The summed E-state index contributed by atoms with van der Waals surface area (Å²) in [4.78, 5) is 4.97. The number of unbranched alkanes of at least 4 members (excludes halogenated alkanes) is 3. The number of rotatable bonds is 8. The normalized spacial score (nSPS) is 19.1. The molecule has 1 aliphatic heterocycles. The third-order valence-electron chi connectivity index (χ3n) is 3.90. The van der Waals surface area contributed by atoms with Crippen molar-refractivity contribution in [1.82, 2.24) is 9.80 Å². The van der Waals surface area contributed by atoms with Crippen LogP contribution in [-0.2, 0) is 0 Å². The standard InChI is InChI=1S/C14H31N3/c1-16-11-7-14(8-12-16)13-17(2)10-6-4-3-5-9-15/h14H,3-13,15H2,1-2H3. The third kappa shape index (κ3) is 7.02. The molecule has 2 N–H and O–H groups in total. The first-order valence-electron chi connectivity index (χ1n) is 7.29. The van der Waals surface area contributed by atoms with Crippen molar-refractivity contribution in [3.63, 3.8) is 0 Å². The molecule has 17 heavy (non-hydrogen) atoms. The first-order valence-corrected chi connectivity index (χ1v) is 7.29. The highest BCUT2D eigenvalue weighted by molar-refractivity contribution is 4.72. The smallest absolute Gasteiger partial charge is 0.000756 e. The Labute approximate surface area is 107 Å². The van der Waals surface area contributed by atoms with E-state index in [-0.39, 0.29) is 0 Å². The Morgan fingerprint density at radius 2 is 1.76 bits per heavy atom. The van der Waals surface area contributed by atoms with Crippen LogP contribution < -0.4 is 5.73 Å². The van der Waals surface area contributed by atoms with Gasteiger partial charge in [0.2, 0.25) is 0 Å². The number of nitrogens with two attached hydrogens (primary N) is 1. The lowest BCUT2D eigenvalue weighted by molar-refractivity contribution is 0.175. The first kappa shape index (κ1) is 14.9. The van der Waals surface area contributed by atoms with Gasteiger partial charge in [0.15, 0.2) is 0 Å². The maximum atomic E-state index is 5.49. The minimum absolute atomic E-state index is 0.853. The molecule has 1 heterocycles. The minimum atomic E-state index is 0.853. The van der Waals surface area contributed by atoms with E-state index in [1.165, 1.54) is 64.7 Å². The molecule has 0 unspecified atom stereocenters. The Hall–Kier alpha value is -0.120. The van der Waals surface area contributed by atoms with E-state index < -0.39 is 0 Å². The molecule has 1 fully saturated rings. The molecule has 3 nitrogen and oxygen atoms in total. The Morgan fingerprint density at radius 3 is 2.41 bits per heavy atom. The van der Waals surface area contributed by atoms with Crippen molar-refractivity contribution in [2.75, 3.05) is 46.8 Å². The highest BCUT2D eigenvalue weighted by atomic mass is 15.1. The Kier molecular flexibility index (Phi) is 7.82. The monoisotopic (exact) mass is 241 g/mol. The highest BCUT2D eigenvalue weighted by Crippen LogP contribution is 2.16. The number of piperidine rings is 1. The maximum Gasteiger partial charge on any atom is 0.000756 e. The molecule has 0 spiro atoms. The van der Waals surface area contributed by atoms with Crippen molar-refractivity contribution in [3.8, 4) is 0 Å². The Balaban J connectivity index is 1.98. The van der Waals surface area contributed by atoms with Crippen molar-refractivity contribution < 1.29 is 0 Å². The summed E-state index contributed by atoms with van der Waals surface area (Å²) in [6.07, 6.45) is 7.94. The molecular formula is C14H31N3. The quantitative estimate of drug-likeness (QED) is 0.658. The predicted octanol–water partition coefficient (Wildman–Crippen LogP) is 1.78. The number of likely N-dealkylation sites (tertiary alicyclic amines) is 1. The zero-order chi connectivity index (χ0) is 12.5. The van der Waals surface area contributed by atoms with Gasteiger partial charge in [-0.3, -0.25) is 0 Å². The van der Waals surface area contributed by atoms with Gasteiger partial charge in [-0.25, -0.2) is 0 Å². The summed E-state index contributed by atoms with van der Waals surface area (Å²) in [5.74, 6) is 0.931. The van der Waals surface area contributed by atoms with E-state index >= 15 is 0 Å². The molecule has 0 radical (unpaired) electrons.